The van der Waals surface area contributed by atoms with Crippen molar-refractivity contribution in [1.29, 1.82) is 0 Å². The summed E-state index contributed by atoms with van der Waals surface area (Å²) in [5.41, 5.74) is 0. The normalized spacial score (nSPS) is 37.1. The molecule has 17 heavy (non-hydrogen) atoms. The smallest absolute Gasteiger partial charge is 0.0922 e. The highest BCUT2D eigenvalue weighted by molar-refractivity contribution is 4.96. The lowest BCUT2D eigenvalue weighted by Gasteiger charge is -2.59. The van der Waals surface area contributed by atoms with Gasteiger partial charge in [0.25, 0.3) is 0 Å². The molecule has 2 atom stereocenters. The maximum atomic E-state index is 2.72. The van der Waals surface area contributed by atoms with Crippen molar-refractivity contribution in [3.05, 3.63) is 0 Å². The van der Waals surface area contributed by atoms with Gasteiger partial charge < -0.3 is 0 Å². The van der Waals surface area contributed by atoms with Gasteiger partial charge in [-0.15, -0.1) is 0 Å². The molecule has 3 saturated heterocycles. The third kappa shape index (κ3) is 2.01. The molecule has 0 aromatic rings. The molecule has 3 aliphatic rings. The molecule has 3 rings (SSSR count). The van der Waals surface area contributed by atoms with E-state index >= 15 is 0 Å². The molecule has 4 nitrogen and oxygen atoms in total. The molecule has 0 spiro atoms. The summed E-state index contributed by atoms with van der Waals surface area (Å²) in [4.78, 5) is 10.7. The molecular formula is C13H26N4. The average molecular weight is 238 g/mol. The lowest BCUT2D eigenvalue weighted by molar-refractivity contribution is -0.160. The lowest BCUT2D eigenvalue weighted by atomic mass is 10.0. The Bertz CT molecular complexity index is 264. The van der Waals surface area contributed by atoms with Gasteiger partial charge in [-0.25, -0.2) is 0 Å². The second kappa shape index (κ2) is 4.84. The van der Waals surface area contributed by atoms with E-state index in [-0.39, 0.29) is 0 Å². The van der Waals surface area contributed by atoms with Crippen molar-refractivity contribution in [2.75, 3.05) is 52.9 Å². The van der Waals surface area contributed by atoms with Crippen LogP contribution in [0.15, 0.2) is 0 Å². The minimum absolute atomic E-state index is 0.637. The van der Waals surface area contributed by atoms with Crippen LogP contribution in [0.2, 0.25) is 0 Å². The molecule has 98 valence electrons. The number of likely N-dealkylation sites (N-methyl/N-ethyl adjacent to an activating group) is 1. The minimum atomic E-state index is 0.637. The van der Waals surface area contributed by atoms with Crippen molar-refractivity contribution in [1.82, 2.24) is 19.6 Å². The van der Waals surface area contributed by atoms with E-state index in [1.807, 2.05) is 0 Å². The molecule has 0 aliphatic carbocycles. The molecule has 0 bridgehead atoms. The van der Waals surface area contributed by atoms with Crippen molar-refractivity contribution < 1.29 is 0 Å². The zero-order valence-electron chi connectivity index (χ0n) is 11.3. The molecule has 3 fully saturated rings. The molecule has 2 unspecified atom stereocenters. The van der Waals surface area contributed by atoms with Crippen LogP contribution in [0, 0.1) is 0 Å². The van der Waals surface area contributed by atoms with Crippen LogP contribution in [0.3, 0.4) is 0 Å². The summed E-state index contributed by atoms with van der Waals surface area (Å²) in [6.07, 6.45) is 3.94. The summed E-state index contributed by atoms with van der Waals surface area (Å²) in [6.45, 7) is 11.2. The predicted octanol–water partition coefficient (Wildman–Crippen LogP) is 0.317. The minimum Gasteiger partial charge on any atom is -0.287 e. The fourth-order valence-electron chi connectivity index (χ4n) is 3.87. The number of nitrogens with zero attached hydrogens (tertiary/aromatic N) is 4. The molecular weight excluding hydrogens is 212 g/mol. The Kier molecular flexibility index (Phi) is 3.39. The Balaban J connectivity index is 1.82. The van der Waals surface area contributed by atoms with Crippen LogP contribution in [0.25, 0.3) is 0 Å². The van der Waals surface area contributed by atoms with Crippen molar-refractivity contribution >= 4 is 0 Å². The molecule has 0 aromatic heterocycles. The summed E-state index contributed by atoms with van der Waals surface area (Å²) in [5.74, 6) is 0. The van der Waals surface area contributed by atoms with Crippen LogP contribution < -0.4 is 0 Å². The van der Waals surface area contributed by atoms with E-state index in [1.165, 1.54) is 58.7 Å². The van der Waals surface area contributed by atoms with Gasteiger partial charge in [0, 0.05) is 39.3 Å². The summed E-state index contributed by atoms with van der Waals surface area (Å²) in [5, 5.41) is 0. The highest BCUT2D eigenvalue weighted by Gasteiger charge is 2.45. The van der Waals surface area contributed by atoms with E-state index in [9.17, 15) is 0 Å². The number of piperazine rings is 2. The van der Waals surface area contributed by atoms with Crippen LogP contribution in [-0.4, -0.2) is 84.8 Å². The number of rotatable bonds is 2. The Morgan fingerprint density at radius 2 is 1.59 bits per heavy atom. The first-order valence-electron chi connectivity index (χ1n) is 7.23. The second-order valence-electron chi connectivity index (χ2n) is 5.77. The van der Waals surface area contributed by atoms with Crippen molar-refractivity contribution in [2.24, 2.45) is 0 Å². The SMILES string of the molecule is CCCN1CCN2CCCN3CCN(C)C1C32. The number of hydrogen-bond acceptors (Lipinski definition) is 4. The second-order valence-corrected chi connectivity index (χ2v) is 5.77. The highest BCUT2D eigenvalue weighted by atomic mass is 15.5. The van der Waals surface area contributed by atoms with Gasteiger partial charge >= 0.3 is 0 Å². The van der Waals surface area contributed by atoms with Crippen molar-refractivity contribution in [2.45, 2.75) is 32.1 Å². The average Bonchev–Trinajstić information content (AvgIpc) is 2.35. The molecule has 0 radical (unpaired) electrons. The van der Waals surface area contributed by atoms with Gasteiger partial charge in [0.1, 0.15) is 0 Å². The Morgan fingerprint density at radius 3 is 2.29 bits per heavy atom. The molecule has 0 N–H and O–H groups in total. The Labute approximate surface area is 105 Å². The van der Waals surface area contributed by atoms with Crippen LogP contribution in [0.5, 0.6) is 0 Å². The zero-order chi connectivity index (χ0) is 11.8. The molecule has 0 aromatic carbocycles. The van der Waals surface area contributed by atoms with E-state index < -0.39 is 0 Å². The summed E-state index contributed by atoms with van der Waals surface area (Å²) < 4.78 is 0. The van der Waals surface area contributed by atoms with Gasteiger partial charge in [0.15, 0.2) is 0 Å². The van der Waals surface area contributed by atoms with E-state index in [1.54, 1.807) is 0 Å². The van der Waals surface area contributed by atoms with Crippen LogP contribution in [0.4, 0.5) is 0 Å². The molecule has 3 heterocycles. The van der Waals surface area contributed by atoms with Gasteiger partial charge in [-0.2, -0.15) is 0 Å². The maximum Gasteiger partial charge on any atom is 0.0922 e. The maximum absolute atomic E-state index is 2.72. The van der Waals surface area contributed by atoms with Crippen molar-refractivity contribution in [3.63, 3.8) is 0 Å². The lowest BCUT2D eigenvalue weighted by Crippen LogP contribution is -2.75. The molecule has 3 aliphatic heterocycles. The molecule has 0 saturated carbocycles. The third-order valence-electron chi connectivity index (χ3n) is 4.66. The van der Waals surface area contributed by atoms with E-state index in [0.717, 1.165) is 0 Å². The first kappa shape index (κ1) is 11.9. The predicted molar refractivity (Wildman–Crippen MR) is 69.8 cm³/mol. The Morgan fingerprint density at radius 1 is 0.882 bits per heavy atom. The quantitative estimate of drug-likeness (QED) is 0.687. The first-order chi connectivity index (χ1) is 8.31. The van der Waals surface area contributed by atoms with Gasteiger partial charge in [0.2, 0.25) is 0 Å². The van der Waals surface area contributed by atoms with E-state index in [4.69, 9.17) is 0 Å². The van der Waals surface area contributed by atoms with Crippen LogP contribution in [-0.2, 0) is 0 Å². The van der Waals surface area contributed by atoms with E-state index in [0.29, 0.717) is 12.3 Å². The van der Waals surface area contributed by atoms with Gasteiger partial charge in [-0.3, -0.25) is 19.6 Å². The van der Waals surface area contributed by atoms with E-state index in [2.05, 4.69) is 33.6 Å². The summed E-state index contributed by atoms with van der Waals surface area (Å²) in [7, 11) is 2.31. The fraction of sp³-hybridized carbons (Fsp3) is 1.00. The van der Waals surface area contributed by atoms with Crippen LogP contribution in [0.1, 0.15) is 19.8 Å². The van der Waals surface area contributed by atoms with Gasteiger partial charge in [-0.05, 0) is 26.4 Å². The fourth-order valence-corrected chi connectivity index (χ4v) is 3.87. The molecule has 0 amide bonds. The number of hydrogen-bond donors (Lipinski definition) is 0. The largest absolute Gasteiger partial charge is 0.287 e. The topological polar surface area (TPSA) is 13.0 Å². The van der Waals surface area contributed by atoms with Gasteiger partial charge in [0.05, 0.1) is 12.3 Å². The van der Waals surface area contributed by atoms with Gasteiger partial charge in [-0.1, -0.05) is 6.92 Å². The van der Waals surface area contributed by atoms with Crippen LogP contribution >= 0.6 is 0 Å². The van der Waals surface area contributed by atoms with Crippen molar-refractivity contribution in [3.8, 4) is 0 Å². The summed E-state index contributed by atoms with van der Waals surface area (Å²) in [6, 6.07) is 0. The summed E-state index contributed by atoms with van der Waals surface area (Å²) >= 11 is 0. The monoisotopic (exact) mass is 238 g/mol. The third-order valence-corrected chi connectivity index (χ3v) is 4.66. The Hall–Kier alpha value is -0.160. The standard InChI is InChI=1S/C13H26N4/c1-3-5-15-10-11-17-7-4-6-16-9-8-14(2)12(15)13(16)17/h12-13H,3-11H2,1-2H3. The highest BCUT2D eigenvalue weighted by Crippen LogP contribution is 2.29. The molecule has 4 heteroatoms. The zero-order valence-corrected chi connectivity index (χ0v) is 11.3. The first-order valence-corrected chi connectivity index (χ1v) is 7.23.